The van der Waals surface area contributed by atoms with Crippen LogP contribution in [0.5, 0.6) is 0 Å². The van der Waals surface area contributed by atoms with Crippen LogP contribution in [0.3, 0.4) is 0 Å². The van der Waals surface area contributed by atoms with Gasteiger partial charge in [0.25, 0.3) is 0 Å². The van der Waals surface area contributed by atoms with E-state index < -0.39 is 0 Å². The molecule has 0 radical (unpaired) electrons. The Morgan fingerprint density at radius 2 is 2.28 bits per heavy atom. The van der Waals surface area contributed by atoms with Crippen LogP contribution in [-0.4, -0.2) is 29.3 Å². The third kappa shape index (κ3) is 2.43. The molecule has 0 aliphatic carbocycles. The Morgan fingerprint density at radius 1 is 1.33 bits per heavy atom. The molecule has 1 aromatic carbocycles. The Hall–Kier alpha value is -1.68. The molecule has 1 aliphatic heterocycles. The predicted molar refractivity (Wildman–Crippen MR) is 73.7 cm³/mol. The van der Waals surface area contributed by atoms with Gasteiger partial charge in [-0.25, -0.2) is 0 Å². The number of nitrogens with zero attached hydrogens (tertiary/aromatic N) is 2. The smallest absolute Gasteiger partial charge is 0.0950 e. The first-order valence-electron chi connectivity index (χ1n) is 6.61. The number of hydrogen-bond acceptors (Lipinski definition) is 4. The fourth-order valence-corrected chi connectivity index (χ4v) is 2.53. The molecule has 2 heterocycles. The summed E-state index contributed by atoms with van der Waals surface area (Å²) in [7, 11) is 0. The van der Waals surface area contributed by atoms with Crippen LogP contribution >= 0.6 is 0 Å². The van der Waals surface area contributed by atoms with Gasteiger partial charge in [0.1, 0.15) is 0 Å². The highest BCUT2D eigenvalue weighted by Gasteiger charge is 2.13. The van der Waals surface area contributed by atoms with Crippen molar-refractivity contribution in [1.29, 1.82) is 0 Å². The van der Waals surface area contributed by atoms with Crippen LogP contribution < -0.4 is 10.6 Å². The zero-order chi connectivity index (χ0) is 12.2. The molecule has 1 aliphatic rings. The van der Waals surface area contributed by atoms with Crippen LogP contribution in [0, 0.1) is 0 Å². The van der Waals surface area contributed by atoms with Gasteiger partial charge in [-0.15, -0.1) is 0 Å². The van der Waals surface area contributed by atoms with Gasteiger partial charge in [0.05, 0.1) is 17.4 Å². The summed E-state index contributed by atoms with van der Waals surface area (Å²) in [5.74, 6) is 0. The van der Waals surface area contributed by atoms with Crippen molar-refractivity contribution in [3.05, 3.63) is 30.5 Å². The molecule has 0 bridgehead atoms. The number of nitrogens with one attached hydrogen (secondary N) is 2. The highest BCUT2D eigenvalue weighted by Crippen LogP contribution is 2.20. The van der Waals surface area contributed by atoms with Crippen molar-refractivity contribution in [1.82, 2.24) is 15.5 Å². The second-order valence-electron chi connectivity index (χ2n) is 4.78. The highest BCUT2D eigenvalue weighted by atomic mass is 15.1. The minimum absolute atomic E-state index is 0.679. The van der Waals surface area contributed by atoms with E-state index in [0.717, 1.165) is 29.6 Å². The van der Waals surface area contributed by atoms with E-state index in [-0.39, 0.29) is 0 Å². The fourth-order valence-electron chi connectivity index (χ4n) is 2.53. The molecule has 2 aromatic rings. The highest BCUT2D eigenvalue weighted by molar-refractivity contribution is 5.90. The number of rotatable bonds is 4. The quantitative estimate of drug-likeness (QED) is 0.863. The maximum atomic E-state index is 4.13. The lowest BCUT2D eigenvalue weighted by Gasteiger charge is -2.12. The Labute approximate surface area is 107 Å². The lowest BCUT2D eigenvalue weighted by atomic mass is 10.1. The minimum Gasteiger partial charge on any atom is -0.383 e. The van der Waals surface area contributed by atoms with E-state index in [1.807, 2.05) is 24.4 Å². The summed E-state index contributed by atoms with van der Waals surface area (Å²) in [5, 5.41) is 16.3. The molecule has 1 atom stereocenters. The van der Waals surface area contributed by atoms with E-state index >= 15 is 0 Å². The van der Waals surface area contributed by atoms with E-state index in [0.29, 0.717) is 6.04 Å². The molecule has 0 spiro atoms. The Kier molecular flexibility index (Phi) is 3.37. The summed E-state index contributed by atoms with van der Waals surface area (Å²) in [4.78, 5) is 0. The van der Waals surface area contributed by atoms with Crippen molar-refractivity contribution in [2.24, 2.45) is 0 Å². The van der Waals surface area contributed by atoms with Crippen molar-refractivity contribution < 1.29 is 0 Å². The third-order valence-corrected chi connectivity index (χ3v) is 3.52. The van der Waals surface area contributed by atoms with Gasteiger partial charge in [-0.2, -0.15) is 10.2 Å². The van der Waals surface area contributed by atoms with Gasteiger partial charge < -0.3 is 10.6 Å². The molecule has 3 rings (SSSR count). The second-order valence-corrected chi connectivity index (χ2v) is 4.78. The number of benzene rings is 1. The van der Waals surface area contributed by atoms with E-state index in [9.17, 15) is 0 Å². The molecule has 1 aromatic heterocycles. The SMILES string of the molecule is c1ccc2c(NCC[C@@H]3CCCN3)cnnc2c1. The molecule has 4 nitrogen and oxygen atoms in total. The normalized spacial score (nSPS) is 19.2. The molecule has 18 heavy (non-hydrogen) atoms. The van der Waals surface area contributed by atoms with Crippen LogP contribution in [0.25, 0.3) is 10.9 Å². The van der Waals surface area contributed by atoms with Crippen LogP contribution in [0.2, 0.25) is 0 Å². The summed E-state index contributed by atoms with van der Waals surface area (Å²) in [5.41, 5.74) is 2.03. The predicted octanol–water partition coefficient (Wildman–Crippen LogP) is 2.18. The first-order chi connectivity index (χ1) is 8.93. The van der Waals surface area contributed by atoms with Gasteiger partial charge in [0.2, 0.25) is 0 Å². The van der Waals surface area contributed by atoms with E-state index in [2.05, 4.69) is 26.9 Å². The minimum atomic E-state index is 0.679. The van der Waals surface area contributed by atoms with E-state index in [4.69, 9.17) is 0 Å². The van der Waals surface area contributed by atoms with E-state index in [1.165, 1.54) is 19.4 Å². The molecular formula is C14H18N4. The number of hydrogen-bond donors (Lipinski definition) is 2. The van der Waals surface area contributed by atoms with Crippen molar-refractivity contribution in [3.8, 4) is 0 Å². The number of aromatic nitrogens is 2. The van der Waals surface area contributed by atoms with E-state index in [1.54, 1.807) is 0 Å². The average Bonchev–Trinajstić information content (AvgIpc) is 2.92. The van der Waals surface area contributed by atoms with Gasteiger partial charge in [-0.3, -0.25) is 0 Å². The molecule has 1 fully saturated rings. The fraction of sp³-hybridized carbons (Fsp3) is 0.429. The van der Waals surface area contributed by atoms with Crippen molar-refractivity contribution in [2.75, 3.05) is 18.4 Å². The molecule has 0 unspecified atom stereocenters. The molecular weight excluding hydrogens is 224 g/mol. The zero-order valence-electron chi connectivity index (χ0n) is 10.4. The Bertz CT molecular complexity index is 515. The molecule has 1 saturated heterocycles. The van der Waals surface area contributed by atoms with Crippen LogP contribution in [-0.2, 0) is 0 Å². The second kappa shape index (κ2) is 5.31. The summed E-state index contributed by atoms with van der Waals surface area (Å²) >= 11 is 0. The topological polar surface area (TPSA) is 49.8 Å². The van der Waals surface area contributed by atoms with Gasteiger partial charge in [-0.1, -0.05) is 18.2 Å². The van der Waals surface area contributed by atoms with Gasteiger partial charge in [0.15, 0.2) is 0 Å². The van der Waals surface area contributed by atoms with Crippen molar-refractivity contribution >= 4 is 16.6 Å². The molecule has 0 saturated carbocycles. The summed E-state index contributed by atoms with van der Waals surface area (Å²) < 4.78 is 0. The standard InChI is InChI=1S/C14H18N4/c1-2-6-13-12(5-1)14(10-17-18-13)16-9-7-11-4-3-8-15-11/h1-2,5-6,10-11,15H,3-4,7-9H2,(H,16,18)/t11-/m0/s1. The number of fused-ring (bicyclic) bond motifs is 1. The van der Waals surface area contributed by atoms with Crippen molar-refractivity contribution in [3.63, 3.8) is 0 Å². The van der Waals surface area contributed by atoms with Crippen LogP contribution in [0.1, 0.15) is 19.3 Å². The van der Waals surface area contributed by atoms with Gasteiger partial charge in [0, 0.05) is 18.0 Å². The largest absolute Gasteiger partial charge is 0.383 e. The lowest BCUT2D eigenvalue weighted by molar-refractivity contribution is 0.574. The van der Waals surface area contributed by atoms with Gasteiger partial charge in [-0.05, 0) is 31.9 Å². The van der Waals surface area contributed by atoms with Gasteiger partial charge >= 0.3 is 0 Å². The summed E-state index contributed by atoms with van der Waals surface area (Å²) in [6.45, 7) is 2.15. The third-order valence-electron chi connectivity index (χ3n) is 3.52. The number of anilines is 1. The molecule has 2 N–H and O–H groups in total. The maximum absolute atomic E-state index is 4.13. The monoisotopic (exact) mass is 242 g/mol. The molecule has 0 amide bonds. The average molecular weight is 242 g/mol. The maximum Gasteiger partial charge on any atom is 0.0950 e. The Balaban J connectivity index is 1.66. The molecule has 4 heteroatoms. The zero-order valence-corrected chi connectivity index (χ0v) is 10.4. The van der Waals surface area contributed by atoms with Crippen LogP contribution in [0.15, 0.2) is 30.5 Å². The summed E-state index contributed by atoms with van der Waals surface area (Å²) in [6.07, 6.45) is 5.59. The molecule has 94 valence electrons. The summed E-state index contributed by atoms with van der Waals surface area (Å²) in [6, 6.07) is 8.78. The lowest BCUT2D eigenvalue weighted by Crippen LogP contribution is -2.24. The Morgan fingerprint density at radius 3 is 3.17 bits per heavy atom. The first kappa shape index (κ1) is 11.4. The van der Waals surface area contributed by atoms with Crippen LogP contribution in [0.4, 0.5) is 5.69 Å². The van der Waals surface area contributed by atoms with Crippen molar-refractivity contribution in [2.45, 2.75) is 25.3 Å². The first-order valence-corrected chi connectivity index (χ1v) is 6.61.